The van der Waals surface area contributed by atoms with Gasteiger partial charge in [-0.2, -0.15) is 0 Å². The van der Waals surface area contributed by atoms with Crippen LogP contribution in [0.5, 0.6) is 5.75 Å². The molecule has 2 N–H and O–H groups in total. The number of anilines is 1. The first kappa shape index (κ1) is 17.5. The molecule has 0 amide bonds. The van der Waals surface area contributed by atoms with Gasteiger partial charge < -0.3 is 15.4 Å². The second-order valence-corrected chi connectivity index (χ2v) is 3.83. The van der Waals surface area contributed by atoms with Gasteiger partial charge in [-0.25, -0.2) is 0 Å². The van der Waals surface area contributed by atoms with Crippen molar-refractivity contribution in [1.29, 1.82) is 0 Å². The Morgan fingerprint density at radius 2 is 1.95 bits per heavy atom. The third-order valence-electron chi connectivity index (χ3n) is 2.83. The van der Waals surface area contributed by atoms with Crippen LogP contribution in [0.1, 0.15) is 32.8 Å². The molecule has 0 unspecified atom stereocenters. The van der Waals surface area contributed by atoms with Crippen LogP contribution in [0.25, 0.3) is 5.57 Å². The van der Waals surface area contributed by atoms with Crippen molar-refractivity contribution in [3.63, 3.8) is 0 Å². The lowest BCUT2D eigenvalue weighted by molar-refractivity contribution is 0.416. The maximum Gasteiger partial charge on any atom is 0.142 e. The lowest BCUT2D eigenvalue weighted by Gasteiger charge is -2.12. The zero-order valence-corrected chi connectivity index (χ0v) is 13.1. The molecule has 3 nitrogen and oxygen atoms in total. The Bertz CT molecular complexity index is 386. The van der Waals surface area contributed by atoms with Crippen LogP contribution < -0.4 is 15.4 Å². The number of hydrogen-bond acceptors (Lipinski definition) is 3. The number of rotatable bonds is 6. The van der Waals surface area contributed by atoms with E-state index in [4.69, 9.17) is 4.74 Å². The molecule has 0 atom stereocenters. The van der Waals surface area contributed by atoms with Gasteiger partial charge >= 0.3 is 0 Å². The molecule has 0 bridgehead atoms. The van der Waals surface area contributed by atoms with Crippen LogP contribution in [0, 0.1) is 0 Å². The summed E-state index contributed by atoms with van der Waals surface area (Å²) >= 11 is 0. The molecule has 0 heterocycles. The molecule has 0 aliphatic heterocycles. The summed E-state index contributed by atoms with van der Waals surface area (Å²) in [6, 6.07) is 6.26. The van der Waals surface area contributed by atoms with E-state index in [1.165, 1.54) is 11.1 Å². The Kier molecular flexibility index (Phi) is 9.63. The summed E-state index contributed by atoms with van der Waals surface area (Å²) in [5.74, 6) is 0.883. The molecule has 1 rings (SSSR count). The fourth-order valence-electron chi connectivity index (χ4n) is 1.81. The zero-order valence-electron chi connectivity index (χ0n) is 13.1. The van der Waals surface area contributed by atoms with Gasteiger partial charge in [0.15, 0.2) is 0 Å². The fourth-order valence-corrected chi connectivity index (χ4v) is 1.81. The van der Waals surface area contributed by atoms with Crippen molar-refractivity contribution in [3.05, 3.63) is 29.8 Å². The summed E-state index contributed by atoms with van der Waals surface area (Å²) in [6.45, 7) is 7.05. The molecule has 0 saturated carbocycles. The van der Waals surface area contributed by atoms with E-state index < -0.39 is 0 Å². The fraction of sp³-hybridized carbons (Fsp3) is 0.500. The van der Waals surface area contributed by atoms with E-state index in [1.807, 2.05) is 27.9 Å². The monoisotopic (exact) mass is 264 g/mol. The summed E-state index contributed by atoms with van der Waals surface area (Å²) in [7, 11) is 5.57. The van der Waals surface area contributed by atoms with Crippen LogP contribution in [0.15, 0.2) is 24.3 Å². The van der Waals surface area contributed by atoms with Crippen LogP contribution in [-0.4, -0.2) is 27.7 Å². The second kappa shape index (κ2) is 10.4. The van der Waals surface area contributed by atoms with Crippen LogP contribution in [-0.2, 0) is 0 Å². The van der Waals surface area contributed by atoms with Gasteiger partial charge in [-0.1, -0.05) is 26.0 Å². The normalized spacial score (nSPS) is 10.5. The minimum absolute atomic E-state index is 0.883. The Labute approximate surface area is 118 Å². The predicted molar refractivity (Wildman–Crippen MR) is 86.1 cm³/mol. The van der Waals surface area contributed by atoms with Crippen molar-refractivity contribution in [2.24, 2.45) is 0 Å². The van der Waals surface area contributed by atoms with Crippen molar-refractivity contribution in [2.45, 2.75) is 27.2 Å². The SMILES string of the molecule is C/C=C(\CCNC)c1ccc(NC)c(OC)c1.CC. The summed E-state index contributed by atoms with van der Waals surface area (Å²) in [5.41, 5.74) is 3.57. The third kappa shape index (κ3) is 5.35. The molecule has 0 aromatic heterocycles. The molecule has 0 saturated heterocycles. The molecule has 0 aliphatic rings. The molecule has 19 heavy (non-hydrogen) atoms. The molecule has 0 aliphatic carbocycles. The van der Waals surface area contributed by atoms with E-state index in [0.29, 0.717) is 0 Å². The summed E-state index contributed by atoms with van der Waals surface area (Å²) < 4.78 is 5.37. The van der Waals surface area contributed by atoms with Crippen LogP contribution in [0.4, 0.5) is 5.69 Å². The van der Waals surface area contributed by atoms with Crippen LogP contribution >= 0.6 is 0 Å². The van der Waals surface area contributed by atoms with Crippen molar-refractivity contribution < 1.29 is 4.74 Å². The highest BCUT2D eigenvalue weighted by Crippen LogP contribution is 2.29. The number of benzene rings is 1. The van der Waals surface area contributed by atoms with Gasteiger partial charge in [0.25, 0.3) is 0 Å². The van der Waals surface area contributed by atoms with E-state index in [0.717, 1.165) is 24.4 Å². The first-order valence-electron chi connectivity index (χ1n) is 6.92. The third-order valence-corrected chi connectivity index (χ3v) is 2.83. The van der Waals surface area contributed by atoms with E-state index in [9.17, 15) is 0 Å². The van der Waals surface area contributed by atoms with Crippen molar-refractivity contribution in [3.8, 4) is 5.75 Å². The van der Waals surface area contributed by atoms with E-state index in [-0.39, 0.29) is 0 Å². The Morgan fingerprint density at radius 3 is 2.42 bits per heavy atom. The molecule has 1 aromatic rings. The molecule has 0 spiro atoms. The minimum atomic E-state index is 0.883. The van der Waals surface area contributed by atoms with Crippen molar-refractivity contribution in [1.82, 2.24) is 5.32 Å². The summed E-state index contributed by atoms with van der Waals surface area (Å²) in [5, 5.41) is 6.29. The molecule has 0 radical (unpaired) electrons. The molecular weight excluding hydrogens is 236 g/mol. The quantitative estimate of drug-likeness (QED) is 0.820. The molecule has 3 heteroatoms. The predicted octanol–water partition coefficient (Wildman–Crippen LogP) is 3.78. The van der Waals surface area contributed by atoms with E-state index in [1.54, 1.807) is 7.11 Å². The largest absolute Gasteiger partial charge is 0.495 e. The minimum Gasteiger partial charge on any atom is -0.495 e. The van der Waals surface area contributed by atoms with Crippen molar-refractivity contribution in [2.75, 3.05) is 33.1 Å². The zero-order chi connectivity index (χ0) is 14.7. The van der Waals surface area contributed by atoms with Gasteiger partial charge in [0.2, 0.25) is 0 Å². The number of ether oxygens (including phenoxy) is 1. The lowest BCUT2D eigenvalue weighted by Crippen LogP contribution is -2.08. The molecule has 1 aromatic carbocycles. The maximum absolute atomic E-state index is 5.37. The maximum atomic E-state index is 5.37. The molecular formula is C16H28N2O. The number of hydrogen-bond donors (Lipinski definition) is 2. The molecule has 0 fully saturated rings. The highest BCUT2D eigenvalue weighted by atomic mass is 16.5. The average molecular weight is 264 g/mol. The Hall–Kier alpha value is -1.48. The van der Waals surface area contributed by atoms with Crippen molar-refractivity contribution >= 4 is 11.3 Å². The smallest absolute Gasteiger partial charge is 0.142 e. The average Bonchev–Trinajstić information content (AvgIpc) is 2.49. The molecule has 108 valence electrons. The topological polar surface area (TPSA) is 33.3 Å². The highest BCUT2D eigenvalue weighted by Gasteiger charge is 2.05. The van der Waals surface area contributed by atoms with Gasteiger partial charge in [-0.15, -0.1) is 0 Å². The second-order valence-electron chi connectivity index (χ2n) is 3.83. The van der Waals surface area contributed by atoms with Crippen LogP contribution in [0.3, 0.4) is 0 Å². The number of allylic oxidation sites excluding steroid dienone is 1. The van der Waals surface area contributed by atoms with Gasteiger partial charge in [0.05, 0.1) is 12.8 Å². The van der Waals surface area contributed by atoms with E-state index >= 15 is 0 Å². The summed E-state index contributed by atoms with van der Waals surface area (Å²) in [6.07, 6.45) is 3.18. The number of methoxy groups -OCH3 is 1. The standard InChI is InChI=1S/C14H22N2O.C2H6/c1-5-11(8-9-15-2)12-6-7-13(16-3)14(10-12)17-4;1-2/h5-7,10,15-16H,8-9H2,1-4H3;1-2H3/b11-5+;. The van der Waals surface area contributed by atoms with Gasteiger partial charge in [0.1, 0.15) is 5.75 Å². The first-order chi connectivity index (χ1) is 9.26. The van der Waals surface area contributed by atoms with Gasteiger partial charge in [0, 0.05) is 7.05 Å². The van der Waals surface area contributed by atoms with Gasteiger partial charge in [-0.3, -0.25) is 0 Å². The highest BCUT2D eigenvalue weighted by molar-refractivity contribution is 5.70. The Morgan fingerprint density at radius 1 is 1.26 bits per heavy atom. The van der Waals surface area contributed by atoms with E-state index in [2.05, 4.69) is 41.8 Å². The first-order valence-corrected chi connectivity index (χ1v) is 6.92. The summed E-state index contributed by atoms with van der Waals surface area (Å²) in [4.78, 5) is 0. The number of nitrogens with one attached hydrogen (secondary N) is 2. The van der Waals surface area contributed by atoms with Crippen LogP contribution in [0.2, 0.25) is 0 Å². The lowest BCUT2D eigenvalue weighted by atomic mass is 10.0. The Balaban J connectivity index is 0.00000154. The van der Waals surface area contributed by atoms with Gasteiger partial charge in [-0.05, 0) is 50.2 Å².